The maximum atomic E-state index is 5.61. The largest absolute Gasteiger partial charge is 0.332 e. The molecule has 3 aromatic heterocycles. The van der Waals surface area contributed by atoms with E-state index in [9.17, 15) is 0 Å². The van der Waals surface area contributed by atoms with Crippen LogP contribution in [0.15, 0.2) is 200 Å². The summed E-state index contributed by atoms with van der Waals surface area (Å²) in [4.78, 5) is 13.8. The summed E-state index contributed by atoms with van der Waals surface area (Å²) in [6.07, 6.45) is 9.21. The Hall–Kier alpha value is -8.02. The van der Waals surface area contributed by atoms with E-state index in [1.165, 1.54) is 66.3 Å². The third kappa shape index (κ3) is 4.44. The zero-order chi connectivity index (χ0) is 39.8. The summed E-state index contributed by atoms with van der Waals surface area (Å²) < 4.78 is 4.79. The molecule has 11 aromatic rings. The van der Waals surface area contributed by atoms with Gasteiger partial charge in [0.2, 0.25) is 0 Å². The molecule has 61 heavy (non-hydrogen) atoms. The number of allylic oxidation sites excluding steroid dienone is 2. The Morgan fingerprint density at radius 2 is 1.11 bits per heavy atom. The molecule has 8 aromatic carbocycles. The first-order valence-electron chi connectivity index (χ1n) is 21.1. The van der Waals surface area contributed by atoms with Gasteiger partial charge in [-0.3, -0.25) is 4.57 Å². The van der Waals surface area contributed by atoms with E-state index in [1.54, 1.807) is 0 Å². The number of aromatic nitrogens is 4. The summed E-state index contributed by atoms with van der Waals surface area (Å²) in [5.41, 5.74) is 18.1. The monoisotopic (exact) mass is 777 g/mol. The highest BCUT2D eigenvalue weighted by Crippen LogP contribution is 2.60. The maximum Gasteiger partial charge on any atom is 0.165 e. The SMILES string of the molecule is C1=CC2c3cc4c(c5c3N(c3ccccc3-c3ccccc3-5)C2C=C1)c1ccccc1n4-c1nc2ccccc2nc1-c1ccc2c3ccccc3n(-c3ccccc3)c2c1. The minimum absolute atomic E-state index is 0.152. The van der Waals surface area contributed by atoms with Gasteiger partial charge in [-0.1, -0.05) is 146 Å². The molecular weight excluding hydrogens is 743 g/mol. The first kappa shape index (κ1) is 32.9. The van der Waals surface area contributed by atoms with Gasteiger partial charge in [0.1, 0.15) is 5.69 Å². The quantitative estimate of drug-likeness (QED) is 0.179. The highest BCUT2D eigenvalue weighted by molar-refractivity contribution is 6.22. The average Bonchev–Trinajstić information content (AvgIpc) is 3.93. The standard InChI is InChI=1S/C56H35N5/c1-2-16-35(17-3-1)59-46-26-12-7-20-38(46)40-31-30-34(32-50(40)59)54-56(58-45-25-11-10-24-44(45)57-54)61-49-29-15-9-23-42(49)52-51(61)33-43-39-21-8-14-28-48(39)60-47-27-13-6-19-37(47)36-18-4-5-22-41(36)53(52)55(43)60/h1-33,39,48H. The van der Waals surface area contributed by atoms with Crippen LogP contribution in [-0.2, 0) is 0 Å². The lowest BCUT2D eigenvalue weighted by atomic mass is 9.86. The van der Waals surface area contributed by atoms with E-state index in [0.29, 0.717) is 0 Å². The van der Waals surface area contributed by atoms with E-state index in [1.807, 2.05) is 0 Å². The Balaban J connectivity index is 1.12. The van der Waals surface area contributed by atoms with Gasteiger partial charge in [-0.2, -0.15) is 0 Å². The van der Waals surface area contributed by atoms with Crippen molar-refractivity contribution in [2.45, 2.75) is 12.0 Å². The number of nitrogens with zero attached hydrogens (tertiary/aromatic N) is 5. The van der Waals surface area contributed by atoms with E-state index >= 15 is 0 Å². The van der Waals surface area contributed by atoms with E-state index in [2.05, 4.69) is 214 Å². The highest BCUT2D eigenvalue weighted by atomic mass is 15.2. The van der Waals surface area contributed by atoms with Crippen LogP contribution < -0.4 is 4.90 Å². The molecule has 14 rings (SSSR count). The summed E-state index contributed by atoms with van der Waals surface area (Å²) in [6.45, 7) is 0. The van der Waals surface area contributed by atoms with Gasteiger partial charge < -0.3 is 9.47 Å². The van der Waals surface area contributed by atoms with Gasteiger partial charge >= 0.3 is 0 Å². The van der Waals surface area contributed by atoms with Gasteiger partial charge in [-0.15, -0.1) is 0 Å². The second-order valence-corrected chi connectivity index (χ2v) is 16.5. The summed E-state index contributed by atoms with van der Waals surface area (Å²) in [7, 11) is 0. The van der Waals surface area contributed by atoms with Gasteiger partial charge in [-0.05, 0) is 71.3 Å². The van der Waals surface area contributed by atoms with Crippen molar-refractivity contribution in [3.63, 3.8) is 0 Å². The smallest absolute Gasteiger partial charge is 0.165 e. The molecular formula is C56H35N5. The molecule has 0 bridgehead atoms. The molecule has 0 spiro atoms. The molecule has 284 valence electrons. The third-order valence-corrected chi connectivity index (χ3v) is 13.3. The van der Waals surface area contributed by atoms with Gasteiger partial charge in [-0.25, -0.2) is 9.97 Å². The molecule has 0 fully saturated rings. The second kappa shape index (κ2) is 12.3. The summed E-state index contributed by atoms with van der Waals surface area (Å²) in [6, 6.07) is 63.9. The first-order chi connectivity index (χ1) is 30.3. The van der Waals surface area contributed by atoms with Gasteiger partial charge in [0.05, 0.1) is 44.8 Å². The average molecular weight is 778 g/mol. The summed E-state index contributed by atoms with van der Waals surface area (Å²) >= 11 is 0. The normalized spacial score (nSPS) is 16.0. The van der Waals surface area contributed by atoms with Crippen LogP contribution in [-0.4, -0.2) is 25.1 Å². The first-order valence-corrected chi connectivity index (χ1v) is 21.1. The van der Waals surface area contributed by atoms with Crippen LogP contribution >= 0.6 is 0 Å². The van der Waals surface area contributed by atoms with Crippen LogP contribution in [0.25, 0.3) is 99.7 Å². The third-order valence-electron chi connectivity index (χ3n) is 13.3. The van der Waals surface area contributed by atoms with Crippen molar-refractivity contribution in [2.75, 3.05) is 4.90 Å². The minimum atomic E-state index is 0.152. The van der Waals surface area contributed by atoms with Crippen molar-refractivity contribution in [2.24, 2.45) is 0 Å². The van der Waals surface area contributed by atoms with Gasteiger partial charge in [0.15, 0.2) is 5.82 Å². The van der Waals surface area contributed by atoms with Crippen LogP contribution in [0.5, 0.6) is 0 Å². The number of benzene rings is 8. The molecule has 2 atom stereocenters. The summed E-state index contributed by atoms with van der Waals surface area (Å²) in [5.74, 6) is 0.992. The fraction of sp³-hybridized carbons (Fsp3) is 0.0357. The molecule has 0 N–H and O–H groups in total. The second-order valence-electron chi connectivity index (χ2n) is 16.5. The van der Waals surface area contributed by atoms with Crippen molar-refractivity contribution in [3.8, 4) is 45.0 Å². The zero-order valence-electron chi connectivity index (χ0n) is 32.9. The van der Waals surface area contributed by atoms with Crippen LogP contribution in [0.3, 0.4) is 0 Å². The molecule has 1 aliphatic carbocycles. The fourth-order valence-corrected chi connectivity index (χ4v) is 10.9. The van der Waals surface area contributed by atoms with Gasteiger partial charge in [0, 0.05) is 55.5 Å². The van der Waals surface area contributed by atoms with Crippen LogP contribution in [0, 0.1) is 0 Å². The molecule has 2 unspecified atom stereocenters. The maximum absolute atomic E-state index is 5.61. The lowest BCUT2D eigenvalue weighted by Gasteiger charge is -2.30. The van der Waals surface area contributed by atoms with Gasteiger partial charge in [0.25, 0.3) is 0 Å². The minimum Gasteiger partial charge on any atom is -0.332 e. The molecule has 2 aliphatic heterocycles. The van der Waals surface area contributed by atoms with Crippen molar-refractivity contribution in [3.05, 3.63) is 206 Å². The molecule has 5 nitrogen and oxygen atoms in total. The molecule has 0 amide bonds. The zero-order valence-corrected chi connectivity index (χ0v) is 32.9. The Morgan fingerprint density at radius 1 is 0.459 bits per heavy atom. The fourth-order valence-electron chi connectivity index (χ4n) is 10.9. The Labute approximate surface area is 351 Å². The Morgan fingerprint density at radius 3 is 1.97 bits per heavy atom. The lowest BCUT2D eigenvalue weighted by Crippen LogP contribution is -2.28. The molecule has 5 heteroatoms. The number of hydrogen-bond donors (Lipinski definition) is 0. The topological polar surface area (TPSA) is 38.9 Å². The highest BCUT2D eigenvalue weighted by Gasteiger charge is 2.43. The van der Waals surface area contributed by atoms with E-state index in [0.717, 1.165) is 50.3 Å². The number of rotatable bonds is 3. The number of anilines is 2. The molecule has 0 saturated carbocycles. The Kier molecular flexibility index (Phi) is 6.61. The lowest BCUT2D eigenvalue weighted by molar-refractivity contribution is 0.745. The summed E-state index contributed by atoms with van der Waals surface area (Å²) in [5, 5.41) is 4.85. The number of fused-ring (bicyclic) bond motifs is 16. The predicted octanol–water partition coefficient (Wildman–Crippen LogP) is 13.9. The van der Waals surface area contributed by atoms with Crippen LogP contribution in [0.2, 0.25) is 0 Å². The molecule has 3 aliphatic rings. The van der Waals surface area contributed by atoms with Crippen molar-refractivity contribution < 1.29 is 0 Å². The Bertz CT molecular complexity index is 3740. The van der Waals surface area contributed by atoms with Crippen molar-refractivity contribution in [1.82, 2.24) is 19.1 Å². The predicted molar refractivity (Wildman–Crippen MR) is 251 cm³/mol. The van der Waals surface area contributed by atoms with Crippen LogP contribution in [0.1, 0.15) is 11.5 Å². The molecule has 0 radical (unpaired) electrons. The molecule has 5 heterocycles. The van der Waals surface area contributed by atoms with E-state index < -0.39 is 0 Å². The number of hydrogen-bond acceptors (Lipinski definition) is 3. The van der Waals surface area contributed by atoms with Crippen molar-refractivity contribution >= 4 is 66.0 Å². The number of para-hydroxylation sites is 6. The van der Waals surface area contributed by atoms with Crippen LogP contribution in [0.4, 0.5) is 11.4 Å². The van der Waals surface area contributed by atoms with E-state index in [4.69, 9.17) is 9.97 Å². The van der Waals surface area contributed by atoms with Crippen molar-refractivity contribution in [1.29, 1.82) is 0 Å². The van der Waals surface area contributed by atoms with E-state index in [-0.39, 0.29) is 12.0 Å². The molecule has 0 saturated heterocycles.